The highest BCUT2D eigenvalue weighted by molar-refractivity contribution is 5.79. The molecule has 0 heterocycles. The van der Waals surface area contributed by atoms with Gasteiger partial charge >= 0.3 is 12.1 Å². The molecule has 0 aliphatic heterocycles. The van der Waals surface area contributed by atoms with Gasteiger partial charge in [0.1, 0.15) is 11.6 Å². The Morgan fingerprint density at radius 3 is 1.72 bits per heavy atom. The van der Waals surface area contributed by atoms with E-state index in [2.05, 4.69) is 10.6 Å². The summed E-state index contributed by atoms with van der Waals surface area (Å²) < 4.78 is 4.99. The molecule has 0 aromatic rings. The molecule has 0 bridgehead atoms. The van der Waals surface area contributed by atoms with E-state index >= 15 is 0 Å². The topological polar surface area (TPSA) is 87.7 Å². The van der Waals surface area contributed by atoms with Crippen LogP contribution in [0.3, 0.4) is 0 Å². The molecule has 2 aliphatic carbocycles. The van der Waals surface area contributed by atoms with Crippen LogP contribution in [0.25, 0.3) is 0 Å². The van der Waals surface area contributed by atoms with E-state index < -0.39 is 23.7 Å². The van der Waals surface area contributed by atoms with Crippen molar-refractivity contribution in [1.82, 2.24) is 10.6 Å². The molecular formula is C23H44N2O4. The van der Waals surface area contributed by atoms with Crippen molar-refractivity contribution in [2.24, 2.45) is 5.92 Å². The molecule has 0 spiro atoms. The lowest BCUT2D eigenvalue weighted by Crippen LogP contribution is -2.44. The lowest BCUT2D eigenvalue weighted by atomic mass is 9.91. The Kier molecular flexibility index (Phi) is 11.6. The molecular weight excluding hydrogens is 368 g/mol. The molecule has 0 saturated heterocycles. The fourth-order valence-electron chi connectivity index (χ4n) is 4.01. The van der Waals surface area contributed by atoms with E-state index in [1.54, 1.807) is 20.8 Å². The van der Waals surface area contributed by atoms with Gasteiger partial charge in [0.05, 0.1) is 0 Å². The van der Waals surface area contributed by atoms with Crippen molar-refractivity contribution < 1.29 is 19.4 Å². The van der Waals surface area contributed by atoms with Gasteiger partial charge in [-0.05, 0) is 58.8 Å². The highest BCUT2D eigenvalue weighted by atomic mass is 16.6. The zero-order valence-electron chi connectivity index (χ0n) is 19.3. The maximum absolute atomic E-state index is 11.4. The van der Waals surface area contributed by atoms with Crippen molar-refractivity contribution in [3.8, 4) is 0 Å². The molecule has 0 aromatic carbocycles. The summed E-state index contributed by atoms with van der Waals surface area (Å²) in [5.41, 5.74) is -0.620. The number of rotatable bonds is 6. The lowest BCUT2D eigenvalue weighted by Gasteiger charge is -2.30. The number of alkyl carbamates (subject to hydrolysis) is 1. The molecule has 0 aromatic heterocycles. The SMILES string of the molecule is C1CCC(NC2CCCCC2)CC1.CC(C)C[C@H](NC(=O)OC(C)(C)C)C(=O)O. The number of carbonyl (C=O) groups excluding carboxylic acids is 1. The Labute approximate surface area is 177 Å². The van der Waals surface area contributed by atoms with Gasteiger partial charge in [-0.1, -0.05) is 52.4 Å². The largest absolute Gasteiger partial charge is 0.480 e. The third kappa shape index (κ3) is 12.8. The molecule has 6 nitrogen and oxygen atoms in total. The highest BCUT2D eigenvalue weighted by Crippen LogP contribution is 2.22. The summed E-state index contributed by atoms with van der Waals surface area (Å²) in [6.07, 6.45) is 14.3. The van der Waals surface area contributed by atoms with Crippen molar-refractivity contribution in [3.63, 3.8) is 0 Å². The smallest absolute Gasteiger partial charge is 0.408 e. The molecule has 0 unspecified atom stereocenters. The number of carboxylic acid groups (broad SMARTS) is 1. The van der Waals surface area contributed by atoms with Gasteiger partial charge in [0.15, 0.2) is 0 Å². The monoisotopic (exact) mass is 412 g/mol. The number of ether oxygens (including phenoxy) is 1. The molecule has 2 fully saturated rings. The van der Waals surface area contributed by atoms with Gasteiger partial charge < -0.3 is 20.5 Å². The van der Waals surface area contributed by atoms with Crippen LogP contribution >= 0.6 is 0 Å². The van der Waals surface area contributed by atoms with Crippen LogP contribution in [0.2, 0.25) is 0 Å². The normalized spacial score (nSPS) is 19.8. The van der Waals surface area contributed by atoms with Crippen molar-refractivity contribution in [2.75, 3.05) is 0 Å². The van der Waals surface area contributed by atoms with Gasteiger partial charge in [0, 0.05) is 12.1 Å². The van der Waals surface area contributed by atoms with E-state index in [9.17, 15) is 9.59 Å². The van der Waals surface area contributed by atoms with Crippen LogP contribution < -0.4 is 10.6 Å². The summed E-state index contributed by atoms with van der Waals surface area (Å²) >= 11 is 0. The lowest BCUT2D eigenvalue weighted by molar-refractivity contribution is -0.139. The second kappa shape index (κ2) is 13.1. The van der Waals surface area contributed by atoms with E-state index in [0.29, 0.717) is 6.42 Å². The minimum Gasteiger partial charge on any atom is -0.480 e. The number of aliphatic carboxylic acids is 1. The van der Waals surface area contributed by atoms with Gasteiger partial charge in [-0.15, -0.1) is 0 Å². The van der Waals surface area contributed by atoms with E-state index in [0.717, 1.165) is 12.1 Å². The maximum atomic E-state index is 11.4. The van der Waals surface area contributed by atoms with Crippen LogP contribution in [-0.4, -0.2) is 40.9 Å². The standard InChI is InChI=1S/C12H23N.C11H21NO4/c1-3-7-11(8-4-1)13-12-9-5-2-6-10-12;1-7(2)6-8(9(13)14)12-10(15)16-11(3,4)5/h11-13H,1-10H2;7-8H,6H2,1-5H3,(H,12,15)(H,13,14)/t;8-/m.0/s1. The second-order valence-corrected chi connectivity index (χ2v) is 10.0. The molecule has 2 saturated carbocycles. The Bertz CT molecular complexity index is 460. The molecule has 1 amide bonds. The first kappa shape index (κ1) is 25.7. The number of carboxylic acids is 1. The van der Waals surface area contributed by atoms with Crippen LogP contribution in [-0.2, 0) is 9.53 Å². The molecule has 1 atom stereocenters. The number of nitrogens with one attached hydrogen (secondary N) is 2. The average molecular weight is 413 g/mol. The Balaban J connectivity index is 0.000000294. The highest BCUT2D eigenvalue weighted by Gasteiger charge is 2.24. The van der Waals surface area contributed by atoms with Crippen LogP contribution in [0, 0.1) is 5.92 Å². The second-order valence-electron chi connectivity index (χ2n) is 10.0. The first-order valence-electron chi connectivity index (χ1n) is 11.5. The van der Waals surface area contributed by atoms with E-state index in [4.69, 9.17) is 9.84 Å². The predicted octanol–water partition coefficient (Wildman–Crippen LogP) is 5.25. The van der Waals surface area contributed by atoms with Crippen molar-refractivity contribution >= 4 is 12.1 Å². The van der Waals surface area contributed by atoms with Gasteiger partial charge in [-0.3, -0.25) is 0 Å². The number of hydrogen-bond acceptors (Lipinski definition) is 4. The Hall–Kier alpha value is -1.30. The van der Waals surface area contributed by atoms with E-state index in [-0.39, 0.29) is 5.92 Å². The van der Waals surface area contributed by atoms with Crippen molar-refractivity contribution in [2.45, 2.75) is 129 Å². The van der Waals surface area contributed by atoms with Crippen LogP contribution in [0.15, 0.2) is 0 Å². The Morgan fingerprint density at radius 1 is 0.931 bits per heavy atom. The summed E-state index contributed by atoms with van der Waals surface area (Å²) in [6, 6.07) is 0.851. The minimum absolute atomic E-state index is 0.191. The summed E-state index contributed by atoms with van der Waals surface area (Å²) in [5, 5.41) is 15.1. The minimum atomic E-state index is -1.04. The molecule has 2 aliphatic rings. The van der Waals surface area contributed by atoms with Gasteiger partial charge in [0.25, 0.3) is 0 Å². The van der Waals surface area contributed by atoms with Gasteiger partial charge in [0.2, 0.25) is 0 Å². The summed E-state index contributed by atoms with van der Waals surface area (Å²) in [4.78, 5) is 22.2. The zero-order chi connectivity index (χ0) is 21.9. The van der Waals surface area contributed by atoms with Crippen LogP contribution in [0.1, 0.15) is 105 Å². The average Bonchev–Trinajstić information content (AvgIpc) is 2.61. The molecule has 29 heavy (non-hydrogen) atoms. The summed E-state index contributed by atoms with van der Waals surface area (Å²) in [6.45, 7) is 8.97. The predicted molar refractivity (Wildman–Crippen MR) is 117 cm³/mol. The maximum Gasteiger partial charge on any atom is 0.408 e. The molecule has 3 N–H and O–H groups in total. The van der Waals surface area contributed by atoms with Crippen molar-refractivity contribution in [3.05, 3.63) is 0 Å². The van der Waals surface area contributed by atoms with Gasteiger partial charge in [-0.25, -0.2) is 9.59 Å². The fraction of sp³-hybridized carbons (Fsp3) is 0.913. The molecule has 170 valence electrons. The molecule has 2 rings (SSSR count). The molecule has 6 heteroatoms. The third-order valence-electron chi connectivity index (χ3n) is 5.38. The quantitative estimate of drug-likeness (QED) is 0.554. The number of amides is 1. The zero-order valence-corrected chi connectivity index (χ0v) is 19.3. The van der Waals surface area contributed by atoms with Crippen LogP contribution in [0.4, 0.5) is 4.79 Å². The van der Waals surface area contributed by atoms with E-state index in [1.807, 2.05) is 13.8 Å². The molecule has 0 radical (unpaired) electrons. The Morgan fingerprint density at radius 2 is 1.38 bits per heavy atom. The first-order valence-corrected chi connectivity index (χ1v) is 11.5. The first-order chi connectivity index (χ1) is 13.6. The number of carbonyl (C=O) groups is 2. The summed E-state index contributed by atoms with van der Waals surface area (Å²) in [7, 11) is 0. The third-order valence-corrected chi connectivity index (χ3v) is 5.38. The van der Waals surface area contributed by atoms with E-state index in [1.165, 1.54) is 64.2 Å². The number of hydrogen-bond donors (Lipinski definition) is 3. The van der Waals surface area contributed by atoms with Crippen molar-refractivity contribution in [1.29, 1.82) is 0 Å². The van der Waals surface area contributed by atoms with Crippen LogP contribution in [0.5, 0.6) is 0 Å². The fourth-order valence-corrected chi connectivity index (χ4v) is 4.01. The summed E-state index contributed by atoms with van der Waals surface area (Å²) in [5.74, 6) is -0.851. The van der Waals surface area contributed by atoms with Gasteiger partial charge in [-0.2, -0.15) is 0 Å².